The molecule has 90 valence electrons. The van der Waals surface area contributed by atoms with Crippen molar-refractivity contribution in [3.05, 3.63) is 29.3 Å². The van der Waals surface area contributed by atoms with Gasteiger partial charge in [0.05, 0.1) is 0 Å². The third-order valence-corrected chi connectivity index (χ3v) is 2.65. The van der Waals surface area contributed by atoms with E-state index in [9.17, 15) is 8.78 Å². The van der Waals surface area contributed by atoms with E-state index in [0.29, 0.717) is 24.6 Å². The molecule has 0 atom stereocenters. The van der Waals surface area contributed by atoms with Crippen LogP contribution in [0.5, 0.6) is 5.75 Å². The summed E-state index contributed by atoms with van der Waals surface area (Å²) in [5.74, 6) is 1.04. The van der Waals surface area contributed by atoms with E-state index in [4.69, 9.17) is 23.2 Å². The van der Waals surface area contributed by atoms with Crippen molar-refractivity contribution in [2.75, 3.05) is 5.88 Å². The SMILES string of the molecule is FC(F)Oc1ccc(CCl)cc1CCCCl. The van der Waals surface area contributed by atoms with Gasteiger partial charge < -0.3 is 4.74 Å². The zero-order valence-corrected chi connectivity index (χ0v) is 10.1. The van der Waals surface area contributed by atoms with E-state index < -0.39 is 6.61 Å². The second-order valence-electron chi connectivity index (χ2n) is 3.25. The Bertz CT molecular complexity index is 332. The Morgan fingerprint density at radius 2 is 2.00 bits per heavy atom. The first-order valence-electron chi connectivity index (χ1n) is 4.86. The standard InChI is InChI=1S/C11H12Cl2F2O/c12-5-1-2-9-6-8(7-13)3-4-10(9)16-11(14)15/h3-4,6,11H,1-2,5,7H2. The first-order valence-corrected chi connectivity index (χ1v) is 5.92. The number of hydrogen-bond donors (Lipinski definition) is 0. The third kappa shape index (κ3) is 4.14. The summed E-state index contributed by atoms with van der Waals surface area (Å²) in [5, 5.41) is 0. The van der Waals surface area contributed by atoms with Gasteiger partial charge in [0.1, 0.15) is 5.75 Å². The van der Waals surface area contributed by atoms with Crippen LogP contribution in [0.1, 0.15) is 17.5 Å². The van der Waals surface area contributed by atoms with Gasteiger partial charge in [-0.2, -0.15) is 8.78 Å². The van der Waals surface area contributed by atoms with E-state index in [1.54, 1.807) is 12.1 Å². The van der Waals surface area contributed by atoms with Gasteiger partial charge in [-0.15, -0.1) is 23.2 Å². The number of benzene rings is 1. The quantitative estimate of drug-likeness (QED) is 0.703. The third-order valence-electron chi connectivity index (χ3n) is 2.08. The molecule has 1 rings (SSSR count). The highest BCUT2D eigenvalue weighted by Gasteiger charge is 2.10. The van der Waals surface area contributed by atoms with Crippen LogP contribution in [0.3, 0.4) is 0 Å². The van der Waals surface area contributed by atoms with Gasteiger partial charge in [0.15, 0.2) is 0 Å². The molecule has 0 N–H and O–H groups in total. The molecular weight excluding hydrogens is 257 g/mol. The van der Waals surface area contributed by atoms with Crippen LogP contribution in [0.4, 0.5) is 8.78 Å². The molecule has 0 bridgehead atoms. The number of aryl methyl sites for hydroxylation is 1. The fraction of sp³-hybridized carbons (Fsp3) is 0.455. The highest BCUT2D eigenvalue weighted by atomic mass is 35.5. The normalized spacial score (nSPS) is 10.8. The summed E-state index contributed by atoms with van der Waals surface area (Å²) in [6.45, 7) is -2.81. The van der Waals surface area contributed by atoms with Crippen LogP contribution in [-0.4, -0.2) is 12.5 Å². The van der Waals surface area contributed by atoms with Gasteiger partial charge in [0, 0.05) is 11.8 Å². The lowest BCUT2D eigenvalue weighted by molar-refractivity contribution is -0.0504. The topological polar surface area (TPSA) is 9.23 Å². The molecule has 0 spiro atoms. The molecular formula is C11H12Cl2F2O. The van der Waals surface area contributed by atoms with Gasteiger partial charge in [0.2, 0.25) is 0 Å². The molecule has 0 aliphatic carbocycles. The predicted octanol–water partition coefficient (Wildman–Crippen LogP) is 4.20. The van der Waals surface area contributed by atoms with Crippen molar-refractivity contribution < 1.29 is 13.5 Å². The minimum absolute atomic E-state index is 0.203. The van der Waals surface area contributed by atoms with Crippen molar-refractivity contribution in [1.29, 1.82) is 0 Å². The largest absolute Gasteiger partial charge is 0.435 e. The molecule has 0 heterocycles. The molecule has 1 nitrogen and oxygen atoms in total. The maximum Gasteiger partial charge on any atom is 0.387 e. The van der Waals surface area contributed by atoms with Gasteiger partial charge in [-0.3, -0.25) is 0 Å². The number of alkyl halides is 4. The molecule has 1 aromatic carbocycles. The predicted molar refractivity (Wildman–Crippen MR) is 61.7 cm³/mol. The molecule has 0 saturated carbocycles. The second kappa shape index (κ2) is 6.92. The van der Waals surface area contributed by atoms with E-state index in [2.05, 4.69) is 4.74 Å². The lowest BCUT2D eigenvalue weighted by atomic mass is 10.1. The lowest BCUT2D eigenvalue weighted by Gasteiger charge is -2.11. The van der Waals surface area contributed by atoms with Gasteiger partial charge in [-0.25, -0.2) is 0 Å². The second-order valence-corrected chi connectivity index (χ2v) is 3.89. The van der Waals surface area contributed by atoms with Crippen molar-refractivity contribution in [3.63, 3.8) is 0 Å². The summed E-state index contributed by atoms with van der Waals surface area (Å²) in [6.07, 6.45) is 1.32. The molecule has 0 aromatic heterocycles. The van der Waals surface area contributed by atoms with Crippen LogP contribution < -0.4 is 4.74 Å². The molecule has 1 aromatic rings. The molecule has 0 aliphatic heterocycles. The number of hydrogen-bond acceptors (Lipinski definition) is 1. The first-order chi connectivity index (χ1) is 7.67. The summed E-state index contributed by atoms with van der Waals surface area (Å²) in [5.41, 5.74) is 1.60. The Morgan fingerprint density at radius 3 is 2.56 bits per heavy atom. The Labute approximate surface area is 103 Å². The Morgan fingerprint density at radius 1 is 1.25 bits per heavy atom. The average molecular weight is 269 g/mol. The molecule has 0 unspecified atom stereocenters. The van der Waals surface area contributed by atoms with Gasteiger partial charge in [-0.05, 0) is 30.0 Å². The summed E-state index contributed by atoms with van der Waals surface area (Å²) in [7, 11) is 0. The average Bonchev–Trinajstić information content (AvgIpc) is 2.27. The van der Waals surface area contributed by atoms with Crippen LogP contribution in [0, 0.1) is 0 Å². The minimum Gasteiger partial charge on any atom is -0.435 e. The molecule has 0 fully saturated rings. The Kier molecular flexibility index (Phi) is 5.85. The number of ether oxygens (including phenoxy) is 1. The van der Waals surface area contributed by atoms with E-state index in [1.165, 1.54) is 6.07 Å². The molecule has 0 aliphatic rings. The van der Waals surface area contributed by atoms with Crippen LogP contribution >= 0.6 is 23.2 Å². The summed E-state index contributed by atoms with van der Waals surface area (Å²) >= 11 is 11.2. The smallest absolute Gasteiger partial charge is 0.387 e. The fourth-order valence-corrected chi connectivity index (χ4v) is 1.68. The fourth-order valence-electron chi connectivity index (χ4n) is 1.38. The van der Waals surface area contributed by atoms with Crippen molar-refractivity contribution in [1.82, 2.24) is 0 Å². The van der Waals surface area contributed by atoms with Crippen molar-refractivity contribution >= 4 is 23.2 Å². The van der Waals surface area contributed by atoms with Crippen LogP contribution in [0.15, 0.2) is 18.2 Å². The molecule has 16 heavy (non-hydrogen) atoms. The molecule has 0 radical (unpaired) electrons. The van der Waals surface area contributed by atoms with Crippen LogP contribution in [-0.2, 0) is 12.3 Å². The highest BCUT2D eigenvalue weighted by molar-refractivity contribution is 6.17. The van der Waals surface area contributed by atoms with E-state index in [1.807, 2.05) is 0 Å². The van der Waals surface area contributed by atoms with Crippen molar-refractivity contribution in [2.24, 2.45) is 0 Å². The summed E-state index contributed by atoms with van der Waals surface area (Å²) in [6, 6.07) is 4.97. The molecule has 0 amide bonds. The molecule has 0 saturated heterocycles. The number of rotatable bonds is 6. The number of halogens is 4. The van der Waals surface area contributed by atoms with Gasteiger partial charge in [-0.1, -0.05) is 12.1 Å². The maximum atomic E-state index is 12.1. The zero-order chi connectivity index (χ0) is 12.0. The summed E-state index contributed by atoms with van der Waals surface area (Å²) in [4.78, 5) is 0. The van der Waals surface area contributed by atoms with E-state index in [0.717, 1.165) is 11.1 Å². The lowest BCUT2D eigenvalue weighted by Crippen LogP contribution is -2.05. The van der Waals surface area contributed by atoms with E-state index >= 15 is 0 Å². The van der Waals surface area contributed by atoms with Crippen molar-refractivity contribution in [2.45, 2.75) is 25.3 Å². The zero-order valence-electron chi connectivity index (χ0n) is 8.56. The summed E-state index contributed by atoms with van der Waals surface area (Å²) < 4.78 is 28.7. The van der Waals surface area contributed by atoms with E-state index in [-0.39, 0.29) is 5.75 Å². The monoisotopic (exact) mass is 268 g/mol. The minimum atomic E-state index is -2.81. The van der Waals surface area contributed by atoms with Crippen LogP contribution in [0.25, 0.3) is 0 Å². The van der Waals surface area contributed by atoms with Gasteiger partial charge in [0.25, 0.3) is 0 Å². The maximum absolute atomic E-state index is 12.1. The molecule has 5 heteroatoms. The highest BCUT2D eigenvalue weighted by Crippen LogP contribution is 2.24. The first kappa shape index (κ1) is 13.5. The Hall–Kier alpha value is -0.540. The Balaban J connectivity index is 2.87. The van der Waals surface area contributed by atoms with Crippen LogP contribution in [0.2, 0.25) is 0 Å². The van der Waals surface area contributed by atoms with Crippen molar-refractivity contribution in [3.8, 4) is 5.75 Å². The van der Waals surface area contributed by atoms with Gasteiger partial charge >= 0.3 is 6.61 Å².